The lowest BCUT2D eigenvalue weighted by molar-refractivity contribution is -0.877. The van der Waals surface area contributed by atoms with Crippen molar-refractivity contribution >= 4 is 0 Å². The van der Waals surface area contributed by atoms with Crippen molar-refractivity contribution in [3.63, 3.8) is 0 Å². The smallest absolute Gasteiger partial charge is 0.262 e. The van der Waals surface area contributed by atoms with Crippen molar-refractivity contribution in [1.29, 1.82) is 10.5 Å². The van der Waals surface area contributed by atoms with Crippen molar-refractivity contribution in [3.8, 4) is 12.1 Å². The van der Waals surface area contributed by atoms with Gasteiger partial charge in [0.15, 0.2) is 6.54 Å². The number of nitrogens with zero attached hydrogens (tertiary/aromatic N) is 4. The van der Waals surface area contributed by atoms with E-state index in [9.17, 15) is 5.21 Å². The molecular weight excluding hydrogens is 180 g/mol. The van der Waals surface area contributed by atoms with Crippen molar-refractivity contribution in [1.82, 2.24) is 0 Å². The Bertz CT molecular complexity index is 235. The summed E-state index contributed by atoms with van der Waals surface area (Å²) in [5, 5.41) is 28.6. The molecule has 0 aromatic carbocycles. The van der Waals surface area contributed by atoms with Crippen LogP contribution in [0.25, 0.3) is 4.85 Å². The number of hydrogen-bond donors (Lipinski definition) is 0. The Morgan fingerprint density at radius 3 is 2.00 bits per heavy atom. The fraction of sp³-hybridized carbons (Fsp3) is 0.667. The maximum Gasteiger partial charge on any atom is 0.262 e. The molecule has 0 N–H and O–H groups in total. The van der Waals surface area contributed by atoms with Crippen LogP contribution in [0.15, 0.2) is 0 Å². The predicted molar refractivity (Wildman–Crippen MR) is 50.2 cm³/mol. The van der Waals surface area contributed by atoms with Crippen molar-refractivity contribution in [2.24, 2.45) is 0 Å². The van der Waals surface area contributed by atoms with E-state index in [-0.39, 0.29) is 39.0 Å². The summed E-state index contributed by atoms with van der Waals surface area (Å²) >= 11 is 0. The maximum absolute atomic E-state index is 11.9. The minimum absolute atomic E-state index is 0.153. The molecule has 74 valence electrons. The molecule has 0 unspecified atom stereocenters. The van der Waals surface area contributed by atoms with Gasteiger partial charge in [0, 0.05) is 0 Å². The van der Waals surface area contributed by atoms with E-state index in [2.05, 4.69) is 4.85 Å². The van der Waals surface area contributed by atoms with Crippen LogP contribution in [0.2, 0.25) is 0 Å². The van der Waals surface area contributed by atoms with Gasteiger partial charge in [-0.1, -0.05) is 0 Å². The first-order valence-electron chi connectivity index (χ1n) is 4.33. The van der Waals surface area contributed by atoms with Crippen LogP contribution >= 0.6 is 0 Å². The molecule has 0 rings (SSSR count). The number of quaternary nitrogens is 1. The number of nitriles is 2. The van der Waals surface area contributed by atoms with Gasteiger partial charge < -0.3 is 14.7 Å². The summed E-state index contributed by atoms with van der Waals surface area (Å²) in [6, 6.07) is 3.80. The van der Waals surface area contributed by atoms with Gasteiger partial charge in [0.05, 0.1) is 38.1 Å². The van der Waals surface area contributed by atoms with Crippen molar-refractivity contribution in [2.45, 2.75) is 12.8 Å². The molecule has 0 saturated carbocycles. The average molecular weight is 192 g/mol. The Kier molecular flexibility index (Phi) is 6.07. The maximum atomic E-state index is 11.9. The molecule has 0 aliphatic heterocycles. The fourth-order valence-corrected chi connectivity index (χ4v) is 1.08. The Hall–Kier alpha value is -1.61. The van der Waals surface area contributed by atoms with E-state index in [1.54, 1.807) is 0 Å². The van der Waals surface area contributed by atoms with Gasteiger partial charge in [0.2, 0.25) is 0 Å². The van der Waals surface area contributed by atoms with Gasteiger partial charge in [-0.25, -0.2) is 6.57 Å². The highest BCUT2D eigenvalue weighted by atomic mass is 16.5. The first-order valence-corrected chi connectivity index (χ1v) is 4.33. The van der Waals surface area contributed by atoms with E-state index in [1.165, 1.54) is 0 Å². The van der Waals surface area contributed by atoms with Crippen LogP contribution in [-0.2, 0) is 0 Å². The lowest BCUT2D eigenvalue weighted by Crippen LogP contribution is -2.45. The second-order valence-corrected chi connectivity index (χ2v) is 2.93. The van der Waals surface area contributed by atoms with Crippen LogP contribution in [0.5, 0.6) is 0 Å². The summed E-state index contributed by atoms with van der Waals surface area (Å²) in [5.41, 5.74) is 0. The molecule has 5 nitrogen and oxygen atoms in total. The molecule has 0 fully saturated rings. The Labute approximate surface area is 83.8 Å². The molecule has 0 aliphatic rings. The third kappa shape index (κ3) is 5.11. The van der Waals surface area contributed by atoms with Crippen molar-refractivity contribution in [2.75, 3.05) is 26.2 Å². The van der Waals surface area contributed by atoms with Gasteiger partial charge >= 0.3 is 0 Å². The van der Waals surface area contributed by atoms with E-state index in [0.717, 1.165) is 0 Å². The van der Waals surface area contributed by atoms with Crippen molar-refractivity contribution < 1.29 is 4.65 Å². The van der Waals surface area contributed by atoms with E-state index in [4.69, 9.17) is 17.1 Å². The zero-order valence-corrected chi connectivity index (χ0v) is 7.94. The van der Waals surface area contributed by atoms with E-state index < -0.39 is 4.65 Å². The molecule has 0 aromatic heterocycles. The van der Waals surface area contributed by atoms with Crippen LogP contribution in [0.1, 0.15) is 12.8 Å². The summed E-state index contributed by atoms with van der Waals surface area (Å²) in [6.07, 6.45) is 0.347. The Morgan fingerprint density at radius 1 is 1.14 bits per heavy atom. The lowest BCUT2D eigenvalue weighted by atomic mass is 10.3. The topological polar surface area (TPSA) is 75.0 Å². The van der Waals surface area contributed by atoms with Crippen LogP contribution in [-0.4, -0.2) is 30.8 Å². The quantitative estimate of drug-likeness (QED) is 0.358. The summed E-state index contributed by atoms with van der Waals surface area (Å²) in [5.74, 6) is 0. The SMILES string of the molecule is [C-]#[N+]CC[N+]([O-])(CCC#N)CCC#N. The van der Waals surface area contributed by atoms with Crippen LogP contribution in [0.3, 0.4) is 0 Å². The Balaban J connectivity index is 4.13. The summed E-state index contributed by atoms with van der Waals surface area (Å²) < 4.78 is -0.594. The highest BCUT2D eigenvalue weighted by Crippen LogP contribution is 2.07. The summed E-state index contributed by atoms with van der Waals surface area (Å²) in [4.78, 5) is 3.11. The van der Waals surface area contributed by atoms with Gasteiger partial charge in [-0.2, -0.15) is 10.5 Å². The molecule has 0 aliphatic carbocycles. The minimum Gasteiger partial charge on any atom is -0.633 e. The van der Waals surface area contributed by atoms with Crippen LogP contribution < -0.4 is 0 Å². The van der Waals surface area contributed by atoms with Gasteiger partial charge in [0.25, 0.3) is 6.54 Å². The highest BCUT2D eigenvalue weighted by molar-refractivity contribution is 4.72. The second kappa shape index (κ2) is 6.86. The predicted octanol–water partition coefficient (Wildman–Crippen LogP) is 1.05. The third-order valence-corrected chi connectivity index (χ3v) is 1.88. The van der Waals surface area contributed by atoms with Crippen molar-refractivity contribution in [3.05, 3.63) is 16.6 Å². The zero-order chi connectivity index (χ0) is 10.9. The summed E-state index contributed by atoms with van der Waals surface area (Å²) in [7, 11) is 0. The normalized spacial score (nSPS) is 9.86. The molecule has 0 amide bonds. The molecule has 0 heterocycles. The largest absolute Gasteiger partial charge is 0.633 e. The van der Waals surface area contributed by atoms with Gasteiger partial charge in [-0.05, 0) is 0 Å². The van der Waals surface area contributed by atoms with E-state index in [0.29, 0.717) is 0 Å². The molecule has 5 heteroatoms. The number of rotatable bonds is 6. The minimum atomic E-state index is -0.594. The van der Waals surface area contributed by atoms with Gasteiger partial charge in [-0.3, -0.25) is 0 Å². The number of hydroxylamine groups is 3. The van der Waals surface area contributed by atoms with Gasteiger partial charge in [0.1, 0.15) is 0 Å². The third-order valence-electron chi connectivity index (χ3n) is 1.88. The molecular formula is C9H12N4O. The average Bonchev–Trinajstić information content (AvgIpc) is 2.21. The first-order chi connectivity index (χ1) is 6.68. The monoisotopic (exact) mass is 192 g/mol. The zero-order valence-electron chi connectivity index (χ0n) is 7.94. The van der Waals surface area contributed by atoms with Crippen LogP contribution in [0, 0.1) is 34.4 Å². The van der Waals surface area contributed by atoms with E-state index >= 15 is 0 Å². The summed E-state index contributed by atoms with van der Waals surface area (Å²) in [6.45, 7) is 7.26. The molecule has 0 radical (unpaired) electrons. The number of hydrogen-bond acceptors (Lipinski definition) is 3. The molecule has 0 atom stereocenters. The van der Waals surface area contributed by atoms with Gasteiger partial charge in [-0.15, -0.1) is 0 Å². The Morgan fingerprint density at radius 2 is 1.64 bits per heavy atom. The molecule has 0 saturated heterocycles. The molecule has 0 spiro atoms. The van der Waals surface area contributed by atoms with E-state index in [1.807, 2.05) is 12.1 Å². The second-order valence-electron chi connectivity index (χ2n) is 2.93. The standard InChI is InChI=1S/C9H12N4O/c1-12-6-9-13(14,7-2-4-10)8-3-5-11/h2-3,6-9H2. The molecule has 14 heavy (non-hydrogen) atoms. The lowest BCUT2D eigenvalue weighted by Gasteiger charge is -2.40. The van der Waals surface area contributed by atoms with Crippen LogP contribution in [0.4, 0.5) is 0 Å². The fourth-order valence-electron chi connectivity index (χ4n) is 1.08. The molecule has 0 aromatic rings. The molecule has 0 bridgehead atoms. The highest BCUT2D eigenvalue weighted by Gasteiger charge is 2.17. The first kappa shape index (κ1) is 12.4.